The summed E-state index contributed by atoms with van der Waals surface area (Å²) in [5.74, 6) is 1.10. The summed E-state index contributed by atoms with van der Waals surface area (Å²) in [6.45, 7) is 4.07. The van der Waals surface area contributed by atoms with Gasteiger partial charge in [-0.1, -0.05) is 53.4 Å². The van der Waals surface area contributed by atoms with Crippen molar-refractivity contribution in [3.8, 4) is 11.5 Å². The van der Waals surface area contributed by atoms with Crippen molar-refractivity contribution in [3.63, 3.8) is 0 Å². The number of aryl methyl sites for hydroxylation is 1. The fourth-order valence-electron chi connectivity index (χ4n) is 2.45. The molecule has 0 aliphatic heterocycles. The summed E-state index contributed by atoms with van der Waals surface area (Å²) >= 11 is 3.05. The second-order valence-electron chi connectivity index (χ2n) is 5.94. The Kier molecular flexibility index (Phi) is 5.17. The molecule has 2 aromatic carbocycles. The molecule has 0 amide bonds. The second-order valence-corrected chi connectivity index (χ2v) is 8.50. The number of nitrogens with zero attached hydrogens (tertiary/aromatic N) is 4. The summed E-state index contributed by atoms with van der Waals surface area (Å²) in [7, 11) is 0. The van der Waals surface area contributed by atoms with E-state index in [9.17, 15) is 0 Å². The van der Waals surface area contributed by atoms with Crippen LogP contribution in [-0.4, -0.2) is 20.4 Å². The Bertz CT molecular complexity index is 1030. The highest BCUT2D eigenvalue weighted by Gasteiger charge is 2.18. The molecule has 8 heteroatoms. The second kappa shape index (κ2) is 7.89. The van der Waals surface area contributed by atoms with Gasteiger partial charge < -0.3 is 9.73 Å². The lowest BCUT2D eigenvalue weighted by atomic mass is 10.2. The first-order valence-corrected chi connectivity index (χ1v) is 10.1. The fraction of sp³-hybridized carbons (Fsp3) is 0.158. The van der Waals surface area contributed by atoms with Crippen LogP contribution in [0, 0.1) is 6.92 Å². The predicted octanol–water partition coefficient (Wildman–Crippen LogP) is 5.49. The van der Waals surface area contributed by atoms with Crippen molar-refractivity contribution in [3.05, 3.63) is 66.1 Å². The zero-order chi connectivity index (χ0) is 18.6. The SMILES string of the molecule is Cc1cccc(Nc2nnc(SC(C)c3nnc(-c4ccccc4)o3)s2)c1. The van der Waals surface area contributed by atoms with Gasteiger partial charge in [0.25, 0.3) is 0 Å². The lowest BCUT2D eigenvalue weighted by Crippen LogP contribution is -1.89. The Balaban J connectivity index is 1.42. The summed E-state index contributed by atoms with van der Waals surface area (Å²) in [6, 6.07) is 17.9. The standard InChI is InChI=1S/C19H17N5OS2/c1-12-7-6-10-15(11-12)20-18-23-24-19(27-18)26-13(2)16-21-22-17(25-16)14-8-4-3-5-9-14/h3-11,13H,1-2H3,(H,20,23). The van der Waals surface area contributed by atoms with Gasteiger partial charge in [0, 0.05) is 11.3 Å². The maximum Gasteiger partial charge on any atom is 0.247 e. The van der Waals surface area contributed by atoms with Crippen molar-refractivity contribution >= 4 is 33.9 Å². The van der Waals surface area contributed by atoms with Crippen LogP contribution in [0.3, 0.4) is 0 Å². The molecule has 0 fully saturated rings. The number of benzene rings is 2. The Hall–Kier alpha value is -2.71. The van der Waals surface area contributed by atoms with Gasteiger partial charge in [-0.3, -0.25) is 0 Å². The summed E-state index contributed by atoms with van der Waals surface area (Å²) < 4.78 is 6.66. The average molecular weight is 396 g/mol. The number of nitrogens with one attached hydrogen (secondary N) is 1. The maximum atomic E-state index is 5.82. The van der Waals surface area contributed by atoms with Gasteiger partial charge in [0.2, 0.25) is 16.9 Å². The van der Waals surface area contributed by atoms with E-state index in [1.165, 1.54) is 16.9 Å². The molecule has 0 aliphatic carbocycles. The summed E-state index contributed by atoms with van der Waals surface area (Å²) in [4.78, 5) is 0. The number of thioether (sulfide) groups is 1. The van der Waals surface area contributed by atoms with Crippen LogP contribution < -0.4 is 5.32 Å². The van der Waals surface area contributed by atoms with Crippen molar-refractivity contribution in [1.82, 2.24) is 20.4 Å². The van der Waals surface area contributed by atoms with E-state index in [1.54, 1.807) is 11.8 Å². The molecular formula is C19H17N5OS2. The normalized spacial score (nSPS) is 12.1. The zero-order valence-corrected chi connectivity index (χ0v) is 16.4. The Morgan fingerprint density at radius 3 is 2.67 bits per heavy atom. The number of hydrogen-bond acceptors (Lipinski definition) is 8. The molecule has 0 bridgehead atoms. The molecule has 0 radical (unpaired) electrons. The van der Waals surface area contributed by atoms with Crippen LogP contribution in [0.1, 0.15) is 23.6 Å². The molecule has 1 N–H and O–H groups in total. The van der Waals surface area contributed by atoms with E-state index in [2.05, 4.69) is 44.8 Å². The maximum absolute atomic E-state index is 5.82. The van der Waals surface area contributed by atoms with Gasteiger partial charge in [-0.2, -0.15) is 0 Å². The first-order valence-electron chi connectivity index (χ1n) is 8.40. The van der Waals surface area contributed by atoms with Crippen LogP contribution in [-0.2, 0) is 0 Å². The van der Waals surface area contributed by atoms with E-state index in [-0.39, 0.29) is 5.25 Å². The minimum Gasteiger partial charge on any atom is -0.419 e. The number of aromatic nitrogens is 4. The highest BCUT2D eigenvalue weighted by Crippen LogP contribution is 2.38. The lowest BCUT2D eigenvalue weighted by Gasteiger charge is -2.03. The predicted molar refractivity (Wildman–Crippen MR) is 108 cm³/mol. The largest absolute Gasteiger partial charge is 0.419 e. The van der Waals surface area contributed by atoms with Crippen LogP contribution in [0.25, 0.3) is 11.5 Å². The van der Waals surface area contributed by atoms with Gasteiger partial charge in [0.1, 0.15) is 0 Å². The van der Waals surface area contributed by atoms with Crippen LogP contribution in [0.4, 0.5) is 10.8 Å². The van der Waals surface area contributed by atoms with Gasteiger partial charge in [0.05, 0.1) is 5.25 Å². The number of rotatable bonds is 6. The van der Waals surface area contributed by atoms with Crippen LogP contribution in [0.15, 0.2) is 63.4 Å². The van der Waals surface area contributed by atoms with Crippen molar-refractivity contribution in [2.45, 2.75) is 23.4 Å². The van der Waals surface area contributed by atoms with E-state index in [0.29, 0.717) is 11.8 Å². The quantitative estimate of drug-likeness (QED) is 0.432. The van der Waals surface area contributed by atoms with E-state index >= 15 is 0 Å². The Labute approximate surface area is 165 Å². The van der Waals surface area contributed by atoms with Gasteiger partial charge in [-0.25, -0.2) is 0 Å². The highest BCUT2D eigenvalue weighted by molar-refractivity contribution is 8.01. The van der Waals surface area contributed by atoms with E-state index in [4.69, 9.17) is 4.42 Å². The summed E-state index contributed by atoms with van der Waals surface area (Å²) in [6.07, 6.45) is 0. The molecule has 1 unspecified atom stereocenters. The molecule has 6 nitrogen and oxygen atoms in total. The fourth-order valence-corrected chi connectivity index (χ4v) is 4.40. The molecule has 2 heterocycles. The van der Waals surface area contributed by atoms with Crippen LogP contribution in [0.2, 0.25) is 0 Å². The molecule has 2 aromatic heterocycles. The minimum absolute atomic E-state index is 0.0188. The molecule has 4 aromatic rings. The van der Waals surface area contributed by atoms with E-state index < -0.39 is 0 Å². The van der Waals surface area contributed by atoms with Crippen molar-refractivity contribution in [1.29, 1.82) is 0 Å². The molecule has 4 rings (SSSR count). The zero-order valence-electron chi connectivity index (χ0n) is 14.8. The monoisotopic (exact) mass is 395 g/mol. The van der Waals surface area contributed by atoms with E-state index in [0.717, 1.165) is 20.7 Å². The first-order chi connectivity index (χ1) is 13.2. The van der Waals surface area contributed by atoms with Gasteiger partial charge >= 0.3 is 0 Å². The number of hydrogen-bond donors (Lipinski definition) is 1. The highest BCUT2D eigenvalue weighted by atomic mass is 32.2. The lowest BCUT2D eigenvalue weighted by molar-refractivity contribution is 0.509. The smallest absolute Gasteiger partial charge is 0.247 e. The molecule has 27 heavy (non-hydrogen) atoms. The molecule has 0 saturated carbocycles. The van der Waals surface area contributed by atoms with Crippen molar-refractivity contribution in [2.24, 2.45) is 0 Å². The Morgan fingerprint density at radius 2 is 1.85 bits per heavy atom. The third-order valence-electron chi connectivity index (χ3n) is 3.76. The molecular weight excluding hydrogens is 378 g/mol. The first kappa shape index (κ1) is 17.7. The minimum atomic E-state index is -0.0188. The summed E-state index contributed by atoms with van der Waals surface area (Å²) in [5, 5.41) is 20.8. The average Bonchev–Trinajstić information content (AvgIpc) is 3.32. The number of anilines is 2. The third kappa shape index (κ3) is 4.35. The van der Waals surface area contributed by atoms with Crippen LogP contribution >= 0.6 is 23.1 Å². The third-order valence-corrected chi connectivity index (χ3v) is 5.77. The topological polar surface area (TPSA) is 76.7 Å². The molecule has 136 valence electrons. The Morgan fingerprint density at radius 1 is 1.00 bits per heavy atom. The van der Waals surface area contributed by atoms with Crippen molar-refractivity contribution in [2.75, 3.05) is 5.32 Å². The molecule has 0 saturated heterocycles. The van der Waals surface area contributed by atoms with Gasteiger partial charge in [-0.05, 0) is 43.7 Å². The molecule has 1 atom stereocenters. The molecule has 0 spiro atoms. The summed E-state index contributed by atoms with van der Waals surface area (Å²) in [5.41, 5.74) is 3.10. The van der Waals surface area contributed by atoms with Gasteiger partial charge in [-0.15, -0.1) is 20.4 Å². The van der Waals surface area contributed by atoms with E-state index in [1.807, 2.05) is 49.4 Å². The molecule has 0 aliphatic rings. The van der Waals surface area contributed by atoms with Gasteiger partial charge in [0.15, 0.2) is 4.34 Å². The van der Waals surface area contributed by atoms with Crippen molar-refractivity contribution < 1.29 is 4.42 Å². The van der Waals surface area contributed by atoms with Crippen LogP contribution in [0.5, 0.6) is 0 Å².